The standard InChI is InChI=1S/C13H15BrN2O2/c1-3-16-7-6-15-13(16)9-18-12-5-4-10(17-2)8-11(12)14/h4-8H,3,9H2,1-2H3. The molecule has 18 heavy (non-hydrogen) atoms. The summed E-state index contributed by atoms with van der Waals surface area (Å²) in [6.45, 7) is 3.42. The highest BCUT2D eigenvalue weighted by Gasteiger charge is 2.06. The maximum atomic E-state index is 5.74. The van der Waals surface area contributed by atoms with Gasteiger partial charge in [0.2, 0.25) is 0 Å². The number of rotatable bonds is 5. The molecule has 0 spiro atoms. The maximum Gasteiger partial charge on any atom is 0.146 e. The van der Waals surface area contributed by atoms with Crippen LogP contribution in [0, 0.1) is 0 Å². The quantitative estimate of drug-likeness (QED) is 0.850. The summed E-state index contributed by atoms with van der Waals surface area (Å²) in [5.41, 5.74) is 0. The van der Waals surface area contributed by atoms with Crippen LogP contribution in [-0.2, 0) is 13.2 Å². The van der Waals surface area contributed by atoms with Crippen LogP contribution in [0.1, 0.15) is 12.7 Å². The molecule has 4 nitrogen and oxygen atoms in total. The Kier molecular flexibility index (Phi) is 4.25. The predicted octanol–water partition coefficient (Wildman–Crippen LogP) is 3.25. The van der Waals surface area contributed by atoms with Crippen LogP contribution in [0.2, 0.25) is 0 Å². The number of benzene rings is 1. The molecule has 0 fully saturated rings. The summed E-state index contributed by atoms with van der Waals surface area (Å²) in [4.78, 5) is 4.26. The molecule has 0 saturated heterocycles. The van der Waals surface area contributed by atoms with Gasteiger partial charge < -0.3 is 14.0 Å². The number of methoxy groups -OCH3 is 1. The molecule has 0 N–H and O–H groups in total. The summed E-state index contributed by atoms with van der Waals surface area (Å²) in [7, 11) is 1.64. The van der Waals surface area contributed by atoms with E-state index in [2.05, 4.69) is 32.4 Å². The van der Waals surface area contributed by atoms with E-state index in [-0.39, 0.29) is 0 Å². The second-order valence-corrected chi connectivity index (χ2v) is 4.57. The Morgan fingerprint density at radius 3 is 2.89 bits per heavy atom. The number of hydrogen-bond acceptors (Lipinski definition) is 3. The molecular weight excluding hydrogens is 296 g/mol. The van der Waals surface area contributed by atoms with Crippen LogP contribution in [0.3, 0.4) is 0 Å². The number of aryl methyl sites for hydroxylation is 1. The number of ether oxygens (including phenoxy) is 2. The summed E-state index contributed by atoms with van der Waals surface area (Å²) >= 11 is 3.46. The molecule has 0 unspecified atom stereocenters. The zero-order valence-corrected chi connectivity index (χ0v) is 12.0. The topological polar surface area (TPSA) is 36.3 Å². The summed E-state index contributed by atoms with van der Waals surface area (Å²) in [5.74, 6) is 2.49. The van der Waals surface area contributed by atoms with E-state index in [9.17, 15) is 0 Å². The Labute approximate surface area is 115 Å². The normalized spacial score (nSPS) is 10.4. The Hall–Kier alpha value is -1.49. The van der Waals surface area contributed by atoms with Crippen LogP contribution in [0.25, 0.3) is 0 Å². The highest BCUT2D eigenvalue weighted by atomic mass is 79.9. The van der Waals surface area contributed by atoms with Gasteiger partial charge in [-0.2, -0.15) is 0 Å². The van der Waals surface area contributed by atoms with Crippen molar-refractivity contribution in [3.63, 3.8) is 0 Å². The summed E-state index contributed by atoms with van der Waals surface area (Å²) < 4.78 is 13.8. The van der Waals surface area contributed by atoms with Gasteiger partial charge in [0.05, 0.1) is 11.6 Å². The molecule has 2 aromatic rings. The van der Waals surface area contributed by atoms with Crippen LogP contribution in [-0.4, -0.2) is 16.7 Å². The summed E-state index contributed by atoms with van der Waals surface area (Å²) in [6, 6.07) is 5.62. The number of halogens is 1. The Bertz CT molecular complexity index is 525. The highest BCUT2D eigenvalue weighted by Crippen LogP contribution is 2.29. The lowest BCUT2D eigenvalue weighted by molar-refractivity contribution is 0.287. The van der Waals surface area contributed by atoms with Gasteiger partial charge in [0, 0.05) is 18.9 Å². The highest BCUT2D eigenvalue weighted by molar-refractivity contribution is 9.10. The molecule has 5 heteroatoms. The van der Waals surface area contributed by atoms with Gasteiger partial charge in [-0.15, -0.1) is 0 Å². The van der Waals surface area contributed by atoms with E-state index < -0.39 is 0 Å². The Balaban J connectivity index is 2.06. The lowest BCUT2D eigenvalue weighted by atomic mass is 10.3. The van der Waals surface area contributed by atoms with Crippen LogP contribution in [0.5, 0.6) is 11.5 Å². The third-order valence-corrected chi connectivity index (χ3v) is 3.26. The van der Waals surface area contributed by atoms with Crippen molar-refractivity contribution in [3.8, 4) is 11.5 Å². The number of imidazole rings is 1. The van der Waals surface area contributed by atoms with Crippen molar-refractivity contribution < 1.29 is 9.47 Å². The molecule has 0 radical (unpaired) electrons. The summed E-state index contributed by atoms with van der Waals surface area (Å²) in [6.07, 6.45) is 3.73. The molecule has 1 aromatic heterocycles. The van der Waals surface area contributed by atoms with Crippen molar-refractivity contribution in [1.29, 1.82) is 0 Å². The molecule has 1 aromatic carbocycles. The molecule has 0 amide bonds. The van der Waals surface area contributed by atoms with E-state index >= 15 is 0 Å². The van der Waals surface area contributed by atoms with Crippen molar-refractivity contribution in [3.05, 3.63) is 40.9 Å². The van der Waals surface area contributed by atoms with Gasteiger partial charge >= 0.3 is 0 Å². The van der Waals surface area contributed by atoms with Gasteiger partial charge in [-0.05, 0) is 41.1 Å². The Morgan fingerprint density at radius 1 is 1.39 bits per heavy atom. The first kappa shape index (κ1) is 13.0. The minimum atomic E-state index is 0.450. The fourth-order valence-corrected chi connectivity index (χ4v) is 2.11. The van der Waals surface area contributed by atoms with E-state index in [0.29, 0.717) is 6.61 Å². The molecule has 96 valence electrons. The van der Waals surface area contributed by atoms with Gasteiger partial charge in [0.15, 0.2) is 0 Å². The summed E-state index contributed by atoms with van der Waals surface area (Å²) in [5, 5.41) is 0. The smallest absolute Gasteiger partial charge is 0.146 e. The van der Waals surface area contributed by atoms with Crippen LogP contribution >= 0.6 is 15.9 Å². The van der Waals surface area contributed by atoms with Gasteiger partial charge in [-0.25, -0.2) is 4.98 Å². The lowest BCUT2D eigenvalue weighted by Crippen LogP contribution is -2.05. The molecule has 2 rings (SSSR count). The Morgan fingerprint density at radius 2 is 2.22 bits per heavy atom. The van der Waals surface area contributed by atoms with Crippen molar-refractivity contribution >= 4 is 15.9 Å². The molecule has 0 saturated carbocycles. The minimum absolute atomic E-state index is 0.450. The second kappa shape index (κ2) is 5.91. The van der Waals surface area contributed by atoms with E-state index in [1.54, 1.807) is 13.3 Å². The van der Waals surface area contributed by atoms with Gasteiger partial charge in [-0.3, -0.25) is 0 Å². The SMILES string of the molecule is CCn1ccnc1COc1ccc(OC)cc1Br. The third kappa shape index (κ3) is 2.85. The van der Waals surface area contributed by atoms with Gasteiger partial charge in [0.1, 0.15) is 23.9 Å². The molecular formula is C13H15BrN2O2. The van der Waals surface area contributed by atoms with Gasteiger partial charge in [0.25, 0.3) is 0 Å². The molecule has 0 atom stereocenters. The lowest BCUT2D eigenvalue weighted by Gasteiger charge is -2.10. The minimum Gasteiger partial charge on any atom is -0.497 e. The van der Waals surface area contributed by atoms with Crippen LogP contribution in [0.15, 0.2) is 35.1 Å². The number of aromatic nitrogens is 2. The number of nitrogens with zero attached hydrogens (tertiary/aromatic N) is 2. The number of hydrogen-bond donors (Lipinski definition) is 0. The van der Waals surface area contributed by atoms with E-state index in [0.717, 1.165) is 28.3 Å². The molecule has 0 aliphatic heterocycles. The van der Waals surface area contributed by atoms with Crippen LogP contribution < -0.4 is 9.47 Å². The third-order valence-electron chi connectivity index (χ3n) is 2.64. The first-order valence-electron chi connectivity index (χ1n) is 5.71. The van der Waals surface area contributed by atoms with Gasteiger partial charge in [-0.1, -0.05) is 0 Å². The molecule has 0 bridgehead atoms. The van der Waals surface area contributed by atoms with Crippen molar-refractivity contribution in [2.24, 2.45) is 0 Å². The van der Waals surface area contributed by atoms with Crippen molar-refractivity contribution in [2.75, 3.05) is 7.11 Å². The van der Waals surface area contributed by atoms with Crippen molar-refractivity contribution in [1.82, 2.24) is 9.55 Å². The second-order valence-electron chi connectivity index (χ2n) is 3.71. The van der Waals surface area contributed by atoms with Crippen molar-refractivity contribution in [2.45, 2.75) is 20.1 Å². The van der Waals surface area contributed by atoms with Crippen LogP contribution in [0.4, 0.5) is 0 Å². The fourth-order valence-electron chi connectivity index (χ4n) is 1.64. The first-order chi connectivity index (χ1) is 8.74. The van der Waals surface area contributed by atoms with E-state index in [4.69, 9.17) is 9.47 Å². The molecule has 0 aliphatic carbocycles. The maximum absolute atomic E-state index is 5.74. The monoisotopic (exact) mass is 310 g/mol. The van der Waals surface area contributed by atoms with E-state index in [1.165, 1.54) is 0 Å². The fraction of sp³-hybridized carbons (Fsp3) is 0.308. The zero-order chi connectivity index (χ0) is 13.0. The molecule has 1 heterocycles. The first-order valence-corrected chi connectivity index (χ1v) is 6.50. The molecule has 0 aliphatic rings. The average Bonchev–Trinajstić information content (AvgIpc) is 2.84. The predicted molar refractivity (Wildman–Crippen MR) is 72.9 cm³/mol. The average molecular weight is 311 g/mol. The zero-order valence-electron chi connectivity index (χ0n) is 10.4. The largest absolute Gasteiger partial charge is 0.497 e. The van der Waals surface area contributed by atoms with E-state index in [1.807, 2.05) is 24.4 Å².